The lowest BCUT2D eigenvalue weighted by Crippen LogP contribution is -2.21. The minimum atomic E-state index is 0.258. The molecule has 1 aromatic heterocycles. The number of aliphatic hydroxyl groups is 1. The number of aliphatic hydroxyl groups excluding tert-OH is 1. The largest absolute Gasteiger partial charge is 0.396 e. The van der Waals surface area contributed by atoms with E-state index in [0.29, 0.717) is 5.92 Å². The Morgan fingerprint density at radius 3 is 3.00 bits per heavy atom. The van der Waals surface area contributed by atoms with Crippen molar-refractivity contribution in [2.45, 2.75) is 19.9 Å². The second-order valence-corrected chi connectivity index (χ2v) is 3.45. The summed E-state index contributed by atoms with van der Waals surface area (Å²) in [6.45, 7) is 4.01. The highest BCUT2D eigenvalue weighted by Gasteiger charge is 2.00. The van der Waals surface area contributed by atoms with E-state index in [1.807, 2.05) is 0 Å². The van der Waals surface area contributed by atoms with Gasteiger partial charge in [0.25, 0.3) is 0 Å². The second kappa shape index (κ2) is 6.45. The maximum absolute atomic E-state index is 8.70. The highest BCUT2D eigenvalue weighted by molar-refractivity contribution is 4.93. The van der Waals surface area contributed by atoms with E-state index < -0.39 is 0 Å². The van der Waals surface area contributed by atoms with Crippen LogP contribution in [0.4, 0.5) is 0 Å². The van der Waals surface area contributed by atoms with Crippen LogP contribution in [0.3, 0.4) is 0 Å². The monoisotopic (exact) mass is 195 g/mol. The van der Waals surface area contributed by atoms with Crippen LogP contribution in [0, 0.1) is 5.92 Å². The first kappa shape index (κ1) is 11.1. The average Bonchev–Trinajstić information content (AvgIpc) is 2.20. The van der Waals surface area contributed by atoms with Crippen LogP contribution in [-0.2, 0) is 6.54 Å². The summed E-state index contributed by atoms with van der Waals surface area (Å²) in [6.07, 6.45) is 5.95. The van der Waals surface area contributed by atoms with E-state index in [1.165, 1.54) is 0 Å². The molecule has 0 saturated heterocycles. The molecule has 2 N–H and O–H groups in total. The second-order valence-electron chi connectivity index (χ2n) is 3.45. The Labute approximate surface area is 84.4 Å². The van der Waals surface area contributed by atoms with Gasteiger partial charge in [-0.05, 0) is 18.9 Å². The van der Waals surface area contributed by atoms with Gasteiger partial charge in [0.05, 0.1) is 5.69 Å². The molecule has 0 aliphatic rings. The zero-order valence-corrected chi connectivity index (χ0v) is 8.48. The standard InChI is InChI=1S/C10H17N3O/c1-9(2-5-14)6-12-8-10-7-11-3-4-13-10/h3-4,7,9,12,14H,2,5-6,8H2,1H3. The maximum atomic E-state index is 8.70. The fourth-order valence-corrected chi connectivity index (χ4v) is 1.19. The molecule has 0 aliphatic heterocycles. The highest BCUT2D eigenvalue weighted by Crippen LogP contribution is 1.98. The smallest absolute Gasteiger partial charge is 0.0724 e. The molecular formula is C10H17N3O. The van der Waals surface area contributed by atoms with E-state index in [9.17, 15) is 0 Å². The molecule has 0 spiro atoms. The number of aromatic nitrogens is 2. The van der Waals surface area contributed by atoms with Crippen molar-refractivity contribution in [3.63, 3.8) is 0 Å². The molecule has 1 unspecified atom stereocenters. The lowest BCUT2D eigenvalue weighted by molar-refractivity contribution is 0.260. The van der Waals surface area contributed by atoms with Crippen molar-refractivity contribution in [1.82, 2.24) is 15.3 Å². The number of nitrogens with one attached hydrogen (secondary N) is 1. The first-order chi connectivity index (χ1) is 6.83. The van der Waals surface area contributed by atoms with E-state index in [4.69, 9.17) is 5.11 Å². The summed E-state index contributed by atoms with van der Waals surface area (Å²) < 4.78 is 0. The zero-order chi connectivity index (χ0) is 10.2. The molecule has 0 aromatic carbocycles. The molecule has 1 atom stereocenters. The van der Waals surface area contributed by atoms with Crippen molar-refractivity contribution in [1.29, 1.82) is 0 Å². The number of rotatable bonds is 6. The van der Waals surface area contributed by atoms with Crippen LogP contribution < -0.4 is 5.32 Å². The number of hydrogen-bond acceptors (Lipinski definition) is 4. The fourth-order valence-electron chi connectivity index (χ4n) is 1.19. The van der Waals surface area contributed by atoms with Gasteiger partial charge >= 0.3 is 0 Å². The Kier molecular flexibility index (Phi) is 5.11. The molecule has 1 heterocycles. The predicted octanol–water partition coefficient (Wildman–Crippen LogP) is 0.585. The Balaban J connectivity index is 2.16. The van der Waals surface area contributed by atoms with Gasteiger partial charge in [-0.2, -0.15) is 0 Å². The van der Waals surface area contributed by atoms with Crippen molar-refractivity contribution in [2.24, 2.45) is 5.92 Å². The molecule has 1 rings (SSSR count). The lowest BCUT2D eigenvalue weighted by Gasteiger charge is -2.10. The van der Waals surface area contributed by atoms with Crippen molar-refractivity contribution in [3.05, 3.63) is 24.3 Å². The highest BCUT2D eigenvalue weighted by atomic mass is 16.3. The first-order valence-corrected chi connectivity index (χ1v) is 4.89. The molecule has 78 valence electrons. The maximum Gasteiger partial charge on any atom is 0.0724 e. The molecule has 0 saturated carbocycles. The summed E-state index contributed by atoms with van der Waals surface area (Å²) in [5, 5.41) is 12.0. The van der Waals surface area contributed by atoms with Crippen LogP contribution in [0.1, 0.15) is 19.0 Å². The average molecular weight is 195 g/mol. The molecule has 14 heavy (non-hydrogen) atoms. The van der Waals surface area contributed by atoms with E-state index in [2.05, 4.69) is 22.2 Å². The molecular weight excluding hydrogens is 178 g/mol. The van der Waals surface area contributed by atoms with Crippen molar-refractivity contribution >= 4 is 0 Å². The molecule has 1 aromatic rings. The number of nitrogens with zero attached hydrogens (tertiary/aromatic N) is 2. The molecule has 4 nitrogen and oxygen atoms in total. The van der Waals surface area contributed by atoms with Crippen LogP contribution >= 0.6 is 0 Å². The van der Waals surface area contributed by atoms with Crippen LogP contribution in [0.5, 0.6) is 0 Å². The van der Waals surface area contributed by atoms with Gasteiger partial charge in [-0.25, -0.2) is 0 Å². The Bertz CT molecular complexity index is 240. The fraction of sp³-hybridized carbons (Fsp3) is 0.600. The van der Waals surface area contributed by atoms with Gasteiger partial charge < -0.3 is 10.4 Å². The normalized spacial score (nSPS) is 12.7. The Morgan fingerprint density at radius 2 is 2.36 bits per heavy atom. The minimum absolute atomic E-state index is 0.258. The summed E-state index contributed by atoms with van der Waals surface area (Å²) in [4.78, 5) is 8.12. The van der Waals surface area contributed by atoms with Gasteiger partial charge in [-0.3, -0.25) is 9.97 Å². The number of hydrogen-bond donors (Lipinski definition) is 2. The molecule has 0 aliphatic carbocycles. The third-order valence-electron chi connectivity index (χ3n) is 2.04. The molecule has 0 fully saturated rings. The van der Waals surface area contributed by atoms with Gasteiger partial charge in [0.1, 0.15) is 0 Å². The van der Waals surface area contributed by atoms with Gasteiger partial charge in [0.2, 0.25) is 0 Å². The van der Waals surface area contributed by atoms with E-state index >= 15 is 0 Å². The molecule has 0 bridgehead atoms. The van der Waals surface area contributed by atoms with Gasteiger partial charge in [-0.15, -0.1) is 0 Å². The summed E-state index contributed by atoms with van der Waals surface area (Å²) in [5.74, 6) is 0.497. The van der Waals surface area contributed by atoms with Gasteiger partial charge in [0, 0.05) is 31.7 Å². The van der Waals surface area contributed by atoms with Crippen molar-refractivity contribution in [2.75, 3.05) is 13.2 Å². The topological polar surface area (TPSA) is 58.0 Å². The predicted molar refractivity (Wildman–Crippen MR) is 54.6 cm³/mol. The third kappa shape index (κ3) is 4.30. The van der Waals surface area contributed by atoms with Crippen LogP contribution in [0.25, 0.3) is 0 Å². The van der Waals surface area contributed by atoms with E-state index in [1.54, 1.807) is 18.6 Å². The van der Waals surface area contributed by atoms with Gasteiger partial charge in [0.15, 0.2) is 0 Å². The SMILES string of the molecule is CC(CCO)CNCc1cnccn1. The molecule has 0 amide bonds. The quantitative estimate of drug-likeness (QED) is 0.697. The summed E-state index contributed by atoms with van der Waals surface area (Å²) in [5.41, 5.74) is 0.948. The Hall–Kier alpha value is -1.00. The lowest BCUT2D eigenvalue weighted by atomic mass is 10.1. The van der Waals surface area contributed by atoms with Gasteiger partial charge in [-0.1, -0.05) is 6.92 Å². The zero-order valence-electron chi connectivity index (χ0n) is 8.48. The molecule has 4 heteroatoms. The summed E-state index contributed by atoms with van der Waals surface area (Å²) in [6, 6.07) is 0. The van der Waals surface area contributed by atoms with E-state index in [0.717, 1.165) is 25.2 Å². The van der Waals surface area contributed by atoms with E-state index in [-0.39, 0.29) is 6.61 Å². The van der Waals surface area contributed by atoms with Crippen LogP contribution in [0.15, 0.2) is 18.6 Å². The van der Waals surface area contributed by atoms with Crippen LogP contribution in [-0.4, -0.2) is 28.2 Å². The first-order valence-electron chi connectivity index (χ1n) is 4.89. The van der Waals surface area contributed by atoms with Crippen LogP contribution in [0.2, 0.25) is 0 Å². The minimum Gasteiger partial charge on any atom is -0.396 e. The molecule has 0 radical (unpaired) electrons. The summed E-state index contributed by atoms with van der Waals surface area (Å²) in [7, 11) is 0. The van der Waals surface area contributed by atoms with Crippen molar-refractivity contribution < 1.29 is 5.11 Å². The third-order valence-corrected chi connectivity index (χ3v) is 2.04. The summed E-state index contributed by atoms with van der Waals surface area (Å²) >= 11 is 0. The Morgan fingerprint density at radius 1 is 1.50 bits per heavy atom. The van der Waals surface area contributed by atoms with Crippen molar-refractivity contribution in [3.8, 4) is 0 Å².